The third-order valence-corrected chi connectivity index (χ3v) is 2.25. The van der Waals surface area contributed by atoms with Gasteiger partial charge in [0.05, 0.1) is 0 Å². The van der Waals surface area contributed by atoms with Crippen molar-refractivity contribution in [3.8, 4) is 0 Å². The summed E-state index contributed by atoms with van der Waals surface area (Å²) in [6.07, 6.45) is 0. The summed E-state index contributed by atoms with van der Waals surface area (Å²) in [6.45, 7) is 0. The largest absolute Gasteiger partial charge is 0.368 e. The van der Waals surface area contributed by atoms with Crippen molar-refractivity contribution in [1.82, 2.24) is 0 Å². The lowest BCUT2D eigenvalue weighted by Crippen LogP contribution is -2.16. The molecule has 2 nitrogen and oxygen atoms in total. The van der Waals surface area contributed by atoms with Crippen molar-refractivity contribution in [2.75, 3.05) is 0 Å². The molecule has 0 fully saturated rings. The summed E-state index contributed by atoms with van der Waals surface area (Å²) in [5.41, 5.74) is 5.74. The number of alkyl halides is 1. The molecular formula is C6H6ClNOS. The van der Waals surface area contributed by atoms with Crippen molar-refractivity contribution in [2.45, 2.75) is 5.38 Å². The standard InChI is InChI=1S/C6H6ClNOS/c7-5(6(8)9)4-1-2-10-3-4/h1-3,5H,(H2,8,9). The SMILES string of the molecule is NC(=O)C(Cl)c1ccsc1. The number of thiophene rings is 1. The third-order valence-electron chi connectivity index (χ3n) is 1.09. The topological polar surface area (TPSA) is 43.1 Å². The van der Waals surface area contributed by atoms with Crippen LogP contribution in [0.1, 0.15) is 10.9 Å². The van der Waals surface area contributed by atoms with Crippen LogP contribution in [0.3, 0.4) is 0 Å². The minimum absolute atomic E-state index is 0.500. The summed E-state index contributed by atoms with van der Waals surface area (Å²) < 4.78 is 0. The van der Waals surface area contributed by atoms with E-state index in [0.717, 1.165) is 5.56 Å². The van der Waals surface area contributed by atoms with Gasteiger partial charge >= 0.3 is 0 Å². The molecule has 2 N–H and O–H groups in total. The van der Waals surface area contributed by atoms with Gasteiger partial charge in [-0.2, -0.15) is 11.3 Å². The van der Waals surface area contributed by atoms with Gasteiger partial charge in [0.1, 0.15) is 5.38 Å². The Labute approximate surface area is 67.6 Å². The quantitative estimate of drug-likeness (QED) is 0.681. The molecule has 0 aliphatic rings. The van der Waals surface area contributed by atoms with Gasteiger partial charge in [-0.05, 0) is 22.4 Å². The molecule has 4 heteroatoms. The lowest BCUT2D eigenvalue weighted by atomic mass is 10.2. The minimum atomic E-state index is -0.675. The van der Waals surface area contributed by atoms with Crippen molar-refractivity contribution < 1.29 is 4.79 Å². The minimum Gasteiger partial charge on any atom is -0.368 e. The molecule has 0 aromatic carbocycles. The number of rotatable bonds is 2. The van der Waals surface area contributed by atoms with Gasteiger partial charge in [-0.1, -0.05) is 0 Å². The van der Waals surface area contributed by atoms with Gasteiger partial charge in [-0.15, -0.1) is 11.6 Å². The summed E-state index contributed by atoms with van der Waals surface area (Å²) in [4.78, 5) is 10.5. The lowest BCUT2D eigenvalue weighted by Gasteiger charge is -1.99. The zero-order valence-electron chi connectivity index (χ0n) is 5.08. The Bertz CT molecular complexity index is 222. The molecule has 10 heavy (non-hydrogen) atoms. The van der Waals surface area contributed by atoms with Gasteiger partial charge in [-0.25, -0.2) is 0 Å². The summed E-state index contributed by atoms with van der Waals surface area (Å²) in [6, 6.07) is 1.78. The van der Waals surface area contributed by atoms with Crippen molar-refractivity contribution in [2.24, 2.45) is 5.73 Å². The van der Waals surface area contributed by atoms with Crippen LogP contribution in [0.4, 0.5) is 0 Å². The average Bonchev–Trinajstić information content (AvgIpc) is 2.36. The number of carbonyl (C=O) groups is 1. The molecule has 1 atom stereocenters. The molecule has 1 amide bonds. The van der Waals surface area contributed by atoms with E-state index in [0.29, 0.717) is 0 Å². The Morgan fingerprint density at radius 1 is 1.80 bits per heavy atom. The Kier molecular flexibility index (Phi) is 2.29. The molecule has 1 unspecified atom stereocenters. The predicted molar refractivity (Wildman–Crippen MR) is 42.1 cm³/mol. The van der Waals surface area contributed by atoms with E-state index in [-0.39, 0.29) is 0 Å². The van der Waals surface area contributed by atoms with E-state index < -0.39 is 11.3 Å². The fourth-order valence-electron chi connectivity index (χ4n) is 0.583. The van der Waals surface area contributed by atoms with Crippen LogP contribution in [0, 0.1) is 0 Å². The number of halogens is 1. The zero-order chi connectivity index (χ0) is 7.56. The molecule has 1 rings (SSSR count). The van der Waals surface area contributed by atoms with E-state index in [2.05, 4.69) is 0 Å². The number of hydrogen-bond donors (Lipinski definition) is 1. The summed E-state index contributed by atoms with van der Waals surface area (Å²) in [7, 11) is 0. The van der Waals surface area contributed by atoms with Gasteiger partial charge in [0, 0.05) is 0 Å². The lowest BCUT2D eigenvalue weighted by molar-refractivity contribution is -0.117. The van der Waals surface area contributed by atoms with Crippen LogP contribution >= 0.6 is 22.9 Å². The molecule has 0 aliphatic carbocycles. The first-order valence-corrected chi connectivity index (χ1v) is 4.05. The molecule has 0 saturated heterocycles. The van der Waals surface area contributed by atoms with Crippen LogP contribution in [0.15, 0.2) is 16.8 Å². The number of carbonyl (C=O) groups excluding carboxylic acids is 1. The van der Waals surface area contributed by atoms with E-state index in [1.54, 1.807) is 6.07 Å². The first-order valence-electron chi connectivity index (χ1n) is 2.67. The van der Waals surface area contributed by atoms with Gasteiger partial charge < -0.3 is 5.73 Å². The van der Waals surface area contributed by atoms with E-state index in [1.165, 1.54) is 11.3 Å². The van der Waals surface area contributed by atoms with Crippen LogP contribution in [0.25, 0.3) is 0 Å². The number of nitrogens with two attached hydrogens (primary N) is 1. The van der Waals surface area contributed by atoms with Gasteiger partial charge in [0.25, 0.3) is 0 Å². The molecule has 1 aromatic rings. The smallest absolute Gasteiger partial charge is 0.240 e. The van der Waals surface area contributed by atoms with Crippen molar-refractivity contribution in [3.05, 3.63) is 22.4 Å². The number of amides is 1. The van der Waals surface area contributed by atoms with Crippen molar-refractivity contribution in [3.63, 3.8) is 0 Å². The van der Waals surface area contributed by atoms with Crippen LogP contribution in [-0.2, 0) is 4.79 Å². The molecule has 1 heterocycles. The fourth-order valence-corrected chi connectivity index (χ4v) is 1.48. The van der Waals surface area contributed by atoms with Gasteiger partial charge in [-0.3, -0.25) is 4.79 Å². The van der Waals surface area contributed by atoms with Crippen molar-refractivity contribution >= 4 is 28.8 Å². The van der Waals surface area contributed by atoms with Crippen LogP contribution in [-0.4, -0.2) is 5.91 Å². The highest BCUT2D eigenvalue weighted by Crippen LogP contribution is 2.21. The Hall–Kier alpha value is -0.540. The number of hydrogen-bond acceptors (Lipinski definition) is 2. The molecule has 0 bridgehead atoms. The van der Waals surface area contributed by atoms with E-state index in [1.807, 2.05) is 10.8 Å². The first-order chi connectivity index (χ1) is 4.72. The summed E-state index contributed by atoms with van der Waals surface area (Å²) in [5, 5.41) is 2.99. The highest BCUT2D eigenvalue weighted by Gasteiger charge is 2.13. The summed E-state index contributed by atoms with van der Waals surface area (Å²) in [5.74, 6) is -0.500. The molecule has 54 valence electrons. The average molecular weight is 176 g/mol. The molecular weight excluding hydrogens is 170 g/mol. The fraction of sp³-hybridized carbons (Fsp3) is 0.167. The monoisotopic (exact) mass is 175 g/mol. The Balaban J connectivity index is 2.77. The van der Waals surface area contributed by atoms with Crippen LogP contribution in [0.5, 0.6) is 0 Å². The van der Waals surface area contributed by atoms with Crippen molar-refractivity contribution in [1.29, 1.82) is 0 Å². The number of primary amides is 1. The highest BCUT2D eigenvalue weighted by atomic mass is 35.5. The first kappa shape index (κ1) is 7.57. The van der Waals surface area contributed by atoms with Gasteiger partial charge in [0.15, 0.2) is 0 Å². The normalized spacial score (nSPS) is 12.9. The van der Waals surface area contributed by atoms with Crippen LogP contribution in [0.2, 0.25) is 0 Å². The molecule has 1 aromatic heterocycles. The second kappa shape index (κ2) is 3.03. The van der Waals surface area contributed by atoms with E-state index in [4.69, 9.17) is 17.3 Å². The Morgan fingerprint density at radius 3 is 2.90 bits per heavy atom. The maximum Gasteiger partial charge on any atom is 0.240 e. The van der Waals surface area contributed by atoms with Gasteiger partial charge in [0.2, 0.25) is 5.91 Å². The maximum absolute atomic E-state index is 10.5. The third kappa shape index (κ3) is 1.49. The highest BCUT2D eigenvalue weighted by molar-refractivity contribution is 7.08. The predicted octanol–water partition coefficient (Wildman–Crippen LogP) is 1.51. The Morgan fingerprint density at radius 2 is 2.50 bits per heavy atom. The second-order valence-corrected chi connectivity index (χ2v) is 3.04. The van der Waals surface area contributed by atoms with E-state index >= 15 is 0 Å². The summed E-state index contributed by atoms with van der Waals surface area (Å²) >= 11 is 7.11. The van der Waals surface area contributed by atoms with Crippen LogP contribution < -0.4 is 5.73 Å². The van der Waals surface area contributed by atoms with E-state index in [9.17, 15) is 4.79 Å². The zero-order valence-corrected chi connectivity index (χ0v) is 6.65. The molecule has 0 saturated carbocycles. The second-order valence-electron chi connectivity index (χ2n) is 1.82. The molecule has 0 spiro atoms. The maximum atomic E-state index is 10.5. The molecule has 0 radical (unpaired) electrons. The molecule has 0 aliphatic heterocycles.